The minimum absolute atomic E-state index is 0.0688. The number of benzene rings is 1. The van der Waals surface area contributed by atoms with Gasteiger partial charge in [0, 0.05) is 0 Å². The highest BCUT2D eigenvalue weighted by Gasteiger charge is 2.10. The van der Waals surface area contributed by atoms with Crippen molar-refractivity contribution < 1.29 is 18.1 Å². The lowest BCUT2D eigenvalue weighted by Gasteiger charge is -2.03. The second-order valence-corrected chi connectivity index (χ2v) is 4.88. The van der Waals surface area contributed by atoms with Gasteiger partial charge in [-0.25, -0.2) is 8.42 Å². The predicted octanol–water partition coefficient (Wildman–Crippen LogP) is 0.386. The first-order chi connectivity index (χ1) is 6.60. The standard InChI is InChI=1S/C8H10BO4S/c1-2-14(11,12)8-5-3-7(4-6-8)13-9-10/h3-6,10H,2H2,1H3. The Balaban J connectivity index is 2.94. The fraction of sp³-hybridized carbons (Fsp3) is 0.250. The highest BCUT2D eigenvalue weighted by molar-refractivity contribution is 7.91. The quantitative estimate of drug-likeness (QED) is 0.734. The van der Waals surface area contributed by atoms with Crippen molar-refractivity contribution in [2.45, 2.75) is 11.8 Å². The third-order valence-electron chi connectivity index (χ3n) is 1.75. The summed E-state index contributed by atoms with van der Waals surface area (Å²) < 4.78 is 27.4. The Labute approximate surface area is 83.8 Å². The maximum Gasteiger partial charge on any atom is 0.569 e. The first-order valence-electron chi connectivity index (χ1n) is 4.05. The average molecular weight is 213 g/mol. The first-order valence-corrected chi connectivity index (χ1v) is 5.70. The molecule has 0 spiro atoms. The van der Waals surface area contributed by atoms with E-state index in [1.54, 1.807) is 6.92 Å². The fourth-order valence-corrected chi connectivity index (χ4v) is 1.84. The highest BCUT2D eigenvalue weighted by Crippen LogP contribution is 2.16. The zero-order valence-corrected chi connectivity index (χ0v) is 8.49. The topological polar surface area (TPSA) is 63.6 Å². The normalized spacial score (nSPS) is 11.0. The van der Waals surface area contributed by atoms with E-state index < -0.39 is 9.84 Å². The molecule has 6 heteroatoms. The summed E-state index contributed by atoms with van der Waals surface area (Å²) >= 11 is 0. The van der Waals surface area contributed by atoms with Crippen molar-refractivity contribution in [2.75, 3.05) is 5.75 Å². The van der Waals surface area contributed by atoms with E-state index in [0.29, 0.717) is 13.4 Å². The van der Waals surface area contributed by atoms with Crippen LogP contribution in [0.25, 0.3) is 0 Å². The Morgan fingerprint density at radius 3 is 2.36 bits per heavy atom. The van der Waals surface area contributed by atoms with Gasteiger partial charge in [0.2, 0.25) is 0 Å². The molecule has 1 N–H and O–H groups in total. The van der Waals surface area contributed by atoms with Crippen LogP contribution in [0.1, 0.15) is 6.92 Å². The molecule has 0 aromatic heterocycles. The molecule has 0 aliphatic rings. The van der Waals surface area contributed by atoms with Crippen molar-refractivity contribution in [3.05, 3.63) is 24.3 Å². The van der Waals surface area contributed by atoms with Crippen LogP contribution in [0.5, 0.6) is 5.75 Å². The number of sulfone groups is 1. The molecular formula is C8H10BO4S. The van der Waals surface area contributed by atoms with E-state index in [-0.39, 0.29) is 10.6 Å². The molecule has 75 valence electrons. The zero-order valence-electron chi connectivity index (χ0n) is 7.67. The van der Waals surface area contributed by atoms with Crippen LogP contribution in [-0.2, 0) is 9.84 Å². The molecule has 0 unspecified atom stereocenters. The molecule has 0 heterocycles. The molecule has 0 bridgehead atoms. The molecule has 0 fully saturated rings. The van der Waals surface area contributed by atoms with Crippen molar-refractivity contribution in [3.8, 4) is 5.75 Å². The molecule has 1 rings (SSSR count). The Hall–Kier alpha value is -1.01. The van der Waals surface area contributed by atoms with E-state index in [1.165, 1.54) is 24.3 Å². The summed E-state index contributed by atoms with van der Waals surface area (Å²) in [5.41, 5.74) is 0. The third-order valence-corrected chi connectivity index (χ3v) is 3.50. The van der Waals surface area contributed by atoms with Crippen LogP contribution in [0.2, 0.25) is 0 Å². The minimum Gasteiger partial charge on any atom is -0.537 e. The van der Waals surface area contributed by atoms with Crippen LogP contribution >= 0.6 is 0 Å². The van der Waals surface area contributed by atoms with Crippen LogP contribution in [0.15, 0.2) is 29.2 Å². The summed E-state index contributed by atoms with van der Waals surface area (Å²) in [7, 11) is -2.61. The number of hydrogen-bond acceptors (Lipinski definition) is 4. The fourth-order valence-electron chi connectivity index (χ4n) is 0.953. The van der Waals surface area contributed by atoms with Crippen molar-refractivity contribution >= 4 is 17.5 Å². The summed E-state index contributed by atoms with van der Waals surface area (Å²) in [6.45, 7) is 1.58. The van der Waals surface area contributed by atoms with Gasteiger partial charge in [-0.3, -0.25) is 0 Å². The van der Waals surface area contributed by atoms with Crippen LogP contribution in [0.4, 0.5) is 0 Å². The zero-order chi connectivity index (χ0) is 10.6. The van der Waals surface area contributed by atoms with Gasteiger partial charge in [0.1, 0.15) is 5.75 Å². The van der Waals surface area contributed by atoms with Crippen molar-refractivity contribution in [2.24, 2.45) is 0 Å². The van der Waals surface area contributed by atoms with Gasteiger partial charge in [-0.2, -0.15) is 0 Å². The summed E-state index contributed by atoms with van der Waals surface area (Å²) in [5, 5.41) is 8.33. The molecule has 4 nitrogen and oxygen atoms in total. The summed E-state index contributed by atoms with van der Waals surface area (Å²) in [5.74, 6) is 0.460. The van der Waals surface area contributed by atoms with E-state index in [2.05, 4.69) is 4.65 Å². The summed E-state index contributed by atoms with van der Waals surface area (Å²) in [6, 6.07) is 5.85. The Kier molecular flexibility index (Phi) is 3.54. The van der Waals surface area contributed by atoms with Gasteiger partial charge in [0.25, 0.3) is 0 Å². The number of hydrogen-bond donors (Lipinski definition) is 1. The van der Waals surface area contributed by atoms with E-state index in [9.17, 15) is 8.42 Å². The SMILES string of the molecule is CCS(=O)(=O)c1ccc(O[B]O)cc1. The second kappa shape index (κ2) is 4.48. The Morgan fingerprint density at radius 2 is 1.93 bits per heavy atom. The molecular weight excluding hydrogens is 203 g/mol. The van der Waals surface area contributed by atoms with Gasteiger partial charge in [0.15, 0.2) is 9.84 Å². The number of rotatable bonds is 4. The monoisotopic (exact) mass is 213 g/mol. The van der Waals surface area contributed by atoms with Crippen LogP contribution < -0.4 is 4.65 Å². The van der Waals surface area contributed by atoms with Gasteiger partial charge >= 0.3 is 7.69 Å². The molecule has 0 amide bonds. The van der Waals surface area contributed by atoms with E-state index in [1.807, 2.05) is 0 Å². The van der Waals surface area contributed by atoms with Crippen LogP contribution in [-0.4, -0.2) is 26.9 Å². The van der Waals surface area contributed by atoms with Gasteiger partial charge in [-0.15, -0.1) is 0 Å². The van der Waals surface area contributed by atoms with Gasteiger partial charge in [-0.1, -0.05) is 6.92 Å². The van der Waals surface area contributed by atoms with Gasteiger partial charge in [-0.05, 0) is 24.3 Å². The molecule has 0 saturated heterocycles. The van der Waals surface area contributed by atoms with Crippen molar-refractivity contribution in [1.82, 2.24) is 0 Å². The van der Waals surface area contributed by atoms with Crippen molar-refractivity contribution in [3.63, 3.8) is 0 Å². The predicted molar refractivity (Wildman–Crippen MR) is 52.8 cm³/mol. The van der Waals surface area contributed by atoms with E-state index in [0.717, 1.165) is 0 Å². The minimum atomic E-state index is -3.16. The lowest BCUT2D eigenvalue weighted by Crippen LogP contribution is -2.04. The lowest BCUT2D eigenvalue weighted by atomic mass is 10.3. The van der Waals surface area contributed by atoms with Crippen LogP contribution in [0, 0.1) is 0 Å². The first kappa shape index (κ1) is 11.1. The van der Waals surface area contributed by atoms with Gasteiger partial charge < -0.3 is 9.68 Å². The van der Waals surface area contributed by atoms with Crippen LogP contribution in [0.3, 0.4) is 0 Å². The third kappa shape index (κ3) is 2.49. The molecule has 14 heavy (non-hydrogen) atoms. The second-order valence-electron chi connectivity index (χ2n) is 2.60. The largest absolute Gasteiger partial charge is 0.569 e. The molecule has 0 aliphatic carbocycles. The molecule has 0 atom stereocenters. The molecule has 0 saturated carbocycles. The van der Waals surface area contributed by atoms with E-state index in [4.69, 9.17) is 5.02 Å². The van der Waals surface area contributed by atoms with Crippen molar-refractivity contribution in [1.29, 1.82) is 0 Å². The maximum atomic E-state index is 11.4. The molecule has 0 aliphatic heterocycles. The van der Waals surface area contributed by atoms with E-state index >= 15 is 0 Å². The molecule has 1 radical (unpaired) electrons. The highest BCUT2D eigenvalue weighted by atomic mass is 32.2. The molecule has 1 aromatic carbocycles. The summed E-state index contributed by atoms with van der Waals surface area (Å²) in [4.78, 5) is 0.255. The smallest absolute Gasteiger partial charge is 0.537 e. The Bertz CT molecular complexity index is 384. The average Bonchev–Trinajstić information content (AvgIpc) is 2.19. The maximum absolute atomic E-state index is 11.4. The lowest BCUT2D eigenvalue weighted by molar-refractivity contribution is 0.453. The summed E-state index contributed by atoms with van der Waals surface area (Å²) in [6.07, 6.45) is 0. The molecule has 1 aromatic rings. The Morgan fingerprint density at radius 1 is 1.36 bits per heavy atom. The van der Waals surface area contributed by atoms with Gasteiger partial charge in [0.05, 0.1) is 10.6 Å².